The van der Waals surface area contributed by atoms with Gasteiger partial charge in [0.15, 0.2) is 0 Å². The number of nitrogens with zero attached hydrogens (tertiary/aromatic N) is 3. The Morgan fingerprint density at radius 1 is 1.10 bits per heavy atom. The van der Waals surface area contributed by atoms with E-state index in [0.29, 0.717) is 6.54 Å². The third-order valence-electron chi connectivity index (χ3n) is 5.38. The van der Waals surface area contributed by atoms with Crippen LogP contribution in [0.15, 0.2) is 79.0 Å². The first kappa shape index (κ1) is 22.0. The highest BCUT2D eigenvalue weighted by molar-refractivity contribution is 5.92. The number of hydrogen-bond acceptors (Lipinski definition) is 3. The zero-order valence-electron chi connectivity index (χ0n) is 17.8. The van der Waals surface area contributed by atoms with Gasteiger partial charge < -0.3 is 9.47 Å². The highest BCUT2D eigenvalue weighted by Crippen LogP contribution is 2.16. The van der Waals surface area contributed by atoms with Gasteiger partial charge >= 0.3 is 0 Å². The molecule has 0 saturated carbocycles. The van der Waals surface area contributed by atoms with Gasteiger partial charge in [0, 0.05) is 42.7 Å². The van der Waals surface area contributed by atoms with Gasteiger partial charge in [0.25, 0.3) is 5.69 Å². The number of carbonyl (C=O) groups excluding carboxylic acids is 1. The molecule has 0 N–H and O–H groups in total. The smallest absolute Gasteiger partial charge is 0.269 e. The third kappa shape index (κ3) is 5.92. The predicted octanol–water partition coefficient (Wildman–Crippen LogP) is 5.29. The molecule has 1 amide bonds. The van der Waals surface area contributed by atoms with Gasteiger partial charge in [0.2, 0.25) is 5.91 Å². The van der Waals surface area contributed by atoms with Crippen LogP contribution in [0.4, 0.5) is 5.69 Å². The van der Waals surface area contributed by atoms with Crippen molar-refractivity contribution < 1.29 is 9.72 Å². The van der Waals surface area contributed by atoms with Crippen LogP contribution >= 0.6 is 0 Å². The summed E-state index contributed by atoms with van der Waals surface area (Å²) in [6.07, 6.45) is 6.12. The molecular weight excluding hydrogens is 390 g/mol. The van der Waals surface area contributed by atoms with Gasteiger partial charge in [-0.05, 0) is 54.8 Å². The summed E-state index contributed by atoms with van der Waals surface area (Å²) in [7, 11) is 0. The first-order valence-electron chi connectivity index (χ1n) is 10.4. The largest absolute Gasteiger partial charge is 0.345 e. The molecule has 0 radical (unpaired) electrons. The standard InChI is InChI=1S/C25H27N3O3/c1-3-20(2)27(25(29)16-13-21-11-14-23(15-12-21)28(30)31)19-24-10-7-17-26(24)18-22-8-5-4-6-9-22/h4-17,20H,3,18-19H2,1-2H3. The lowest BCUT2D eigenvalue weighted by molar-refractivity contribution is -0.384. The fourth-order valence-electron chi connectivity index (χ4n) is 3.34. The van der Waals surface area contributed by atoms with E-state index in [9.17, 15) is 14.9 Å². The van der Waals surface area contributed by atoms with Crippen molar-refractivity contribution in [3.63, 3.8) is 0 Å². The van der Waals surface area contributed by atoms with E-state index < -0.39 is 4.92 Å². The molecule has 3 aromatic rings. The van der Waals surface area contributed by atoms with Gasteiger partial charge in [0.1, 0.15) is 0 Å². The second kappa shape index (κ2) is 10.4. The lowest BCUT2D eigenvalue weighted by Crippen LogP contribution is -2.37. The summed E-state index contributed by atoms with van der Waals surface area (Å²) >= 11 is 0. The van der Waals surface area contributed by atoms with Crippen molar-refractivity contribution in [2.45, 2.75) is 39.4 Å². The summed E-state index contributed by atoms with van der Waals surface area (Å²) in [6, 6.07) is 20.5. The van der Waals surface area contributed by atoms with Crippen molar-refractivity contribution in [2.75, 3.05) is 0 Å². The minimum absolute atomic E-state index is 0.0314. The minimum Gasteiger partial charge on any atom is -0.345 e. The van der Waals surface area contributed by atoms with Crippen molar-refractivity contribution >= 4 is 17.7 Å². The number of amides is 1. The fraction of sp³-hybridized carbons (Fsp3) is 0.240. The Bertz CT molecular complexity index is 1040. The normalized spacial score (nSPS) is 12.1. The van der Waals surface area contributed by atoms with E-state index in [0.717, 1.165) is 24.2 Å². The molecule has 0 aliphatic carbocycles. The Kier molecular flexibility index (Phi) is 7.38. The van der Waals surface area contributed by atoms with Crippen molar-refractivity contribution in [1.82, 2.24) is 9.47 Å². The van der Waals surface area contributed by atoms with E-state index in [1.807, 2.05) is 48.4 Å². The van der Waals surface area contributed by atoms with Crippen molar-refractivity contribution in [3.05, 3.63) is 106 Å². The van der Waals surface area contributed by atoms with Crippen molar-refractivity contribution in [2.24, 2.45) is 0 Å². The first-order chi connectivity index (χ1) is 15.0. The molecule has 0 aliphatic heterocycles. The van der Waals surface area contributed by atoms with Crippen LogP contribution < -0.4 is 0 Å². The molecule has 0 spiro atoms. The quantitative estimate of drug-likeness (QED) is 0.270. The van der Waals surface area contributed by atoms with Gasteiger partial charge in [-0.2, -0.15) is 0 Å². The number of nitro benzene ring substituents is 1. The molecule has 0 aliphatic rings. The van der Waals surface area contributed by atoms with Crippen LogP contribution in [-0.4, -0.2) is 26.3 Å². The Labute approximate surface area is 182 Å². The Morgan fingerprint density at radius 3 is 2.45 bits per heavy atom. The molecular formula is C25H27N3O3. The monoisotopic (exact) mass is 417 g/mol. The van der Waals surface area contributed by atoms with E-state index in [1.165, 1.54) is 23.8 Å². The second-order valence-corrected chi connectivity index (χ2v) is 7.52. The second-order valence-electron chi connectivity index (χ2n) is 7.52. The number of non-ortho nitro benzene ring substituents is 1. The van der Waals surface area contributed by atoms with Crippen LogP contribution in [-0.2, 0) is 17.9 Å². The molecule has 2 aromatic carbocycles. The van der Waals surface area contributed by atoms with E-state index in [-0.39, 0.29) is 17.6 Å². The molecule has 6 heteroatoms. The number of nitro groups is 1. The van der Waals surface area contributed by atoms with Crippen LogP contribution in [0.25, 0.3) is 6.08 Å². The van der Waals surface area contributed by atoms with Crippen LogP contribution in [0.3, 0.4) is 0 Å². The molecule has 1 aromatic heterocycles. The van der Waals surface area contributed by atoms with Gasteiger partial charge in [-0.3, -0.25) is 14.9 Å². The minimum atomic E-state index is -0.437. The van der Waals surface area contributed by atoms with Crippen molar-refractivity contribution in [3.8, 4) is 0 Å². The first-order valence-corrected chi connectivity index (χ1v) is 10.4. The fourth-order valence-corrected chi connectivity index (χ4v) is 3.34. The average Bonchev–Trinajstić information content (AvgIpc) is 3.22. The van der Waals surface area contributed by atoms with Gasteiger partial charge in [-0.25, -0.2) is 0 Å². The molecule has 1 unspecified atom stereocenters. The Hall–Kier alpha value is -3.67. The summed E-state index contributed by atoms with van der Waals surface area (Å²) in [6.45, 7) is 5.37. The molecule has 31 heavy (non-hydrogen) atoms. The molecule has 3 rings (SSSR count). The SMILES string of the molecule is CCC(C)N(Cc1cccn1Cc1ccccc1)C(=O)C=Cc1ccc([N+](=O)[O-])cc1. The Morgan fingerprint density at radius 2 is 1.81 bits per heavy atom. The number of hydrogen-bond donors (Lipinski definition) is 0. The van der Waals surface area contributed by atoms with Crippen molar-refractivity contribution in [1.29, 1.82) is 0 Å². The van der Waals surface area contributed by atoms with Gasteiger partial charge in [0.05, 0.1) is 11.5 Å². The predicted molar refractivity (Wildman–Crippen MR) is 122 cm³/mol. The number of carbonyl (C=O) groups is 1. The number of aromatic nitrogens is 1. The number of rotatable bonds is 9. The summed E-state index contributed by atoms with van der Waals surface area (Å²) < 4.78 is 2.16. The topological polar surface area (TPSA) is 68.4 Å². The van der Waals surface area contributed by atoms with Gasteiger partial charge in [-0.15, -0.1) is 0 Å². The molecule has 160 valence electrons. The summed E-state index contributed by atoms with van der Waals surface area (Å²) in [4.78, 5) is 25.2. The summed E-state index contributed by atoms with van der Waals surface area (Å²) in [5.41, 5.74) is 3.06. The molecule has 1 atom stereocenters. The van der Waals surface area contributed by atoms with Gasteiger partial charge in [-0.1, -0.05) is 37.3 Å². The maximum Gasteiger partial charge on any atom is 0.269 e. The van der Waals surface area contributed by atoms with E-state index >= 15 is 0 Å². The molecule has 0 bridgehead atoms. The maximum atomic E-state index is 13.0. The summed E-state index contributed by atoms with van der Waals surface area (Å²) in [5.74, 6) is -0.0832. The zero-order chi connectivity index (χ0) is 22.2. The molecule has 0 fully saturated rings. The van der Waals surface area contributed by atoms with E-state index in [4.69, 9.17) is 0 Å². The van der Waals surface area contributed by atoms with E-state index in [1.54, 1.807) is 18.2 Å². The third-order valence-corrected chi connectivity index (χ3v) is 5.38. The maximum absolute atomic E-state index is 13.0. The number of benzene rings is 2. The highest BCUT2D eigenvalue weighted by Gasteiger charge is 2.19. The lowest BCUT2D eigenvalue weighted by Gasteiger charge is -2.28. The average molecular weight is 418 g/mol. The van der Waals surface area contributed by atoms with Crippen LogP contribution in [0.2, 0.25) is 0 Å². The van der Waals surface area contributed by atoms with Crippen LogP contribution in [0.5, 0.6) is 0 Å². The molecule has 6 nitrogen and oxygen atoms in total. The molecule has 0 saturated heterocycles. The van der Waals surface area contributed by atoms with E-state index in [2.05, 4.69) is 23.6 Å². The molecule has 1 heterocycles. The highest BCUT2D eigenvalue weighted by atomic mass is 16.6. The van der Waals surface area contributed by atoms with Crippen LogP contribution in [0, 0.1) is 10.1 Å². The lowest BCUT2D eigenvalue weighted by atomic mass is 10.1. The summed E-state index contributed by atoms with van der Waals surface area (Å²) in [5, 5.41) is 10.8. The Balaban J connectivity index is 1.74. The van der Waals surface area contributed by atoms with Crippen LogP contribution in [0.1, 0.15) is 37.1 Å². The zero-order valence-corrected chi connectivity index (χ0v) is 17.8.